The van der Waals surface area contributed by atoms with Gasteiger partial charge in [-0.05, 0) is 81.0 Å². The Labute approximate surface area is 176 Å². The molecule has 0 amide bonds. The zero-order valence-electron chi connectivity index (χ0n) is 17.6. The molecule has 1 N–H and O–H groups in total. The first kappa shape index (κ1) is 23.3. The molecule has 0 saturated heterocycles. The molecule has 0 aliphatic carbocycles. The molecule has 0 aliphatic rings. The van der Waals surface area contributed by atoms with Gasteiger partial charge in [0.15, 0.2) is 6.61 Å². The molecule has 2 aromatic rings. The first-order chi connectivity index (χ1) is 13.4. The Morgan fingerprint density at radius 2 is 1.52 bits per heavy atom. The number of Topliss-reactive ketones (excluding diaryl/α,β-unsaturated/α-hetero) is 1. The summed E-state index contributed by atoms with van der Waals surface area (Å²) in [5, 5.41) is 0. The third-order valence-corrected chi connectivity index (χ3v) is 7.13. The van der Waals surface area contributed by atoms with Crippen molar-refractivity contribution in [2.75, 3.05) is 19.4 Å². The summed E-state index contributed by atoms with van der Waals surface area (Å²) in [6, 6.07) is 3.46. The van der Waals surface area contributed by atoms with Crippen LogP contribution in [-0.2, 0) is 21.2 Å². The highest BCUT2D eigenvalue weighted by Gasteiger charge is 2.21. The van der Waals surface area contributed by atoms with Gasteiger partial charge in [0.2, 0.25) is 15.8 Å². The van der Waals surface area contributed by atoms with Crippen molar-refractivity contribution in [1.82, 2.24) is 4.72 Å². The molecule has 0 atom stereocenters. The van der Waals surface area contributed by atoms with Crippen molar-refractivity contribution in [3.8, 4) is 0 Å². The van der Waals surface area contributed by atoms with E-state index < -0.39 is 16.0 Å². The molecule has 29 heavy (non-hydrogen) atoms. The standard InChI is InChI=1S/C21H27NO5S2/c1-12-13(2)15(4)20(16(5)14(12)3)21(24)27-11-18(23)19-8-7-17(28-19)9-10-22-29(6,25)26/h7-8,22H,9-11H2,1-6H3. The third-order valence-electron chi connectivity index (χ3n) is 5.21. The lowest BCUT2D eigenvalue weighted by molar-refractivity contribution is 0.0474. The molecule has 0 radical (unpaired) electrons. The molecule has 0 bridgehead atoms. The van der Waals surface area contributed by atoms with Gasteiger partial charge < -0.3 is 4.74 Å². The van der Waals surface area contributed by atoms with E-state index in [2.05, 4.69) is 4.72 Å². The molecule has 0 saturated carbocycles. The molecule has 0 fully saturated rings. The summed E-state index contributed by atoms with van der Waals surface area (Å²) in [5.41, 5.74) is 5.54. The normalized spacial score (nSPS) is 11.5. The molecule has 158 valence electrons. The van der Waals surface area contributed by atoms with Crippen LogP contribution in [0.25, 0.3) is 0 Å². The highest BCUT2D eigenvalue weighted by molar-refractivity contribution is 7.88. The first-order valence-electron chi connectivity index (χ1n) is 9.23. The van der Waals surface area contributed by atoms with Crippen LogP contribution in [0.15, 0.2) is 12.1 Å². The van der Waals surface area contributed by atoms with E-state index in [1.165, 1.54) is 11.3 Å². The van der Waals surface area contributed by atoms with Crippen LogP contribution in [0.1, 0.15) is 52.7 Å². The lowest BCUT2D eigenvalue weighted by atomic mass is 9.90. The van der Waals surface area contributed by atoms with Gasteiger partial charge in [0.05, 0.1) is 16.7 Å². The summed E-state index contributed by atoms with van der Waals surface area (Å²) < 4.78 is 29.9. The van der Waals surface area contributed by atoms with E-state index >= 15 is 0 Å². The van der Waals surface area contributed by atoms with Gasteiger partial charge in [0.25, 0.3) is 0 Å². The number of ether oxygens (including phenoxy) is 1. The average molecular weight is 438 g/mol. The van der Waals surface area contributed by atoms with Gasteiger partial charge in [-0.15, -0.1) is 11.3 Å². The van der Waals surface area contributed by atoms with Crippen LogP contribution in [0.2, 0.25) is 0 Å². The van der Waals surface area contributed by atoms with Crippen LogP contribution in [0.3, 0.4) is 0 Å². The molecule has 6 nitrogen and oxygen atoms in total. The van der Waals surface area contributed by atoms with Crippen molar-refractivity contribution in [1.29, 1.82) is 0 Å². The van der Waals surface area contributed by atoms with Gasteiger partial charge in [-0.25, -0.2) is 17.9 Å². The topological polar surface area (TPSA) is 89.5 Å². The molecular formula is C21H27NO5S2. The molecule has 0 spiro atoms. The van der Waals surface area contributed by atoms with E-state index in [0.29, 0.717) is 16.9 Å². The monoisotopic (exact) mass is 437 g/mol. The van der Waals surface area contributed by atoms with Crippen molar-refractivity contribution in [3.63, 3.8) is 0 Å². The van der Waals surface area contributed by atoms with Crippen LogP contribution >= 0.6 is 11.3 Å². The zero-order valence-corrected chi connectivity index (χ0v) is 19.3. The van der Waals surface area contributed by atoms with Gasteiger partial charge in [-0.3, -0.25) is 4.79 Å². The van der Waals surface area contributed by atoms with E-state index in [4.69, 9.17) is 4.74 Å². The molecule has 0 aliphatic heterocycles. The van der Waals surface area contributed by atoms with Gasteiger partial charge in [0, 0.05) is 11.4 Å². The minimum atomic E-state index is -3.23. The maximum absolute atomic E-state index is 12.6. The SMILES string of the molecule is Cc1c(C)c(C)c(C(=O)OCC(=O)c2ccc(CCNS(C)(=O)=O)s2)c(C)c1C. The molecule has 1 heterocycles. The van der Waals surface area contributed by atoms with Crippen molar-refractivity contribution in [2.45, 2.75) is 41.0 Å². The predicted octanol–water partition coefficient (Wildman–Crippen LogP) is 3.42. The Hall–Kier alpha value is -2.03. The summed E-state index contributed by atoms with van der Waals surface area (Å²) in [5.74, 6) is -0.768. The maximum Gasteiger partial charge on any atom is 0.339 e. The number of esters is 1. The quantitative estimate of drug-likeness (QED) is 0.505. The first-order valence-corrected chi connectivity index (χ1v) is 11.9. The summed E-state index contributed by atoms with van der Waals surface area (Å²) in [6.45, 7) is 9.71. The zero-order chi connectivity index (χ0) is 21.9. The highest BCUT2D eigenvalue weighted by Crippen LogP contribution is 2.26. The van der Waals surface area contributed by atoms with E-state index in [9.17, 15) is 18.0 Å². The van der Waals surface area contributed by atoms with Gasteiger partial charge in [-0.2, -0.15) is 0 Å². The Balaban J connectivity index is 2.02. The number of thiophene rings is 1. The Bertz CT molecular complexity index is 1020. The molecule has 1 aromatic heterocycles. The molecule has 1 aromatic carbocycles. The second kappa shape index (κ2) is 9.19. The summed E-state index contributed by atoms with van der Waals surface area (Å²) >= 11 is 1.28. The van der Waals surface area contributed by atoms with Crippen molar-refractivity contribution in [2.24, 2.45) is 0 Å². The Morgan fingerprint density at radius 1 is 0.966 bits per heavy atom. The lowest BCUT2D eigenvalue weighted by Gasteiger charge is -2.17. The number of ketones is 1. The number of benzene rings is 1. The van der Waals surface area contributed by atoms with E-state index in [1.54, 1.807) is 12.1 Å². The smallest absolute Gasteiger partial charge is 0.339 e. The number of nitrogens with one attached hydrogen (secondary N) is 1. The number of carbonyl (C=O) groups excluding carboxylic acids is 2. The second-order valence-electron chi connectivity index (χ2n) is 7.18. The van der Waals surface area contributed by atoms with Crippen LogP contribution in [-0.4, -0.2) is 39.6 Å². The summed E-state index contributed by atoms with van der Waals surface area (Å²) in [4.78, 5) is 26.4. The molecule has 2 rings (SSSR count). The van der Waals surface area contributed by atoms with Crippen LogP contribution in [0.5, 0.6) is 0 Å². The van der Waals surface area contributed by atoms with Gasteiger partial charge in [0.1, 0.15) is 0 Å². The number of sulfonamides is 1. The Morgan fingerprint density at radius 3 is 2.07 bits per heavy atom. The summed E-state index contributed by atoms with van der Waals surface area (Å²) in [7, 11) is -3.23. The van der Waals surface area contributed by atoms with Gasteiger partial charge in [-0.1, -0.05) is 0 Å². The van der Waals surface area contributed by atoms with E-state index in [1.807, 2.05) is 34.6 Å². The minimum Gasteiger partial charge on any atom is -0.454 e. The maximum atomic E-state index is 12.6. The fourth-order valence-corrected chi connectivity index (χ4v) is 4.51. The third kappa shape index (κ3) is 5.74. The van der Waals surface area contributed by atoms with Crippen LogP contribution in [0.4, 0.5) is 0 Å². The van der Waals surface area contributed by atoms with E-state index in [-0.39, 0.29) is 18.9 Å². The van der Waals surface area contributed by atoms with Crippen molar-refractivity contribution < 1.29 is 22.7 Å². The van der Waals surface area contributed by atoms with Crippen molar-refractivity contribution in [3.05, 3.63) is 55.3 Å². The fraction of sp³-hybridized carbons (Fsp3) is 0.429. The van der Waals surface area contributed by atoms with Crippen molar-refractivity contribution >= 4 is 33.1 Å². The molecular weight excluding hydrogens is 410 g/mol. The largest absolute Gasteiger partial charge is 0.454 e. The average Bonchev–Trinajstić information content (AvgIpc) is 3.11. The minimum absolute atomic E-state index is 0.270. The summed E-state index contributed by atoms with van der Waals surface area (Å²) in [6.07, 6.45) is 1.59. The Kier molecular flexibility index (Phi) is 7.37. The highest BCUT2D eigenvalue weighted by atomic mass is 32.2. The molecule has 8 heteroatoms. The molecule has 0 unspecified atom stereocenters. The number of rotatable bonds is 8. The second-order valence-corrected chi connectivity index (χ2v) is 10.2. The van der Waals surface area contributed by atoms with Gasteiger partial charge >= 0.3 is 5.97 Å². The lowest BCUT2D eigenvalue weighted by Crippen LogP contribution is -2.24. The van der Waals surface area contributed by atoms with E-state index in [0.717, 1.165) is 39.0 Å². The van der Waals surface area contributed by atoms with Crippen LogP contribution in [0, 0.1) is 34.6 Å². The number of hydrogen-bond donors (Lipinski definition) is 1. The number of hydrogen-bond acceptors (Lipinski definition) is 6. The number of carbonyl (C=O) groups is 2. The predicted molar refractivity (Wildman–Crippen MR) is 116 cm³/mol. The fourth-order valence-electron chi connectivity index (χ4n) is 3.10. The van der Waals surface area contributed by atoms with Crippen LogP contribution < -0.4 is 4.72 Å².